The molecular weight excluding hydrogens is 433 g/mol. The number of benzene rings is 2. The number of carbonyl (C=O) groups excluding carboxylic acids is 2. The summed E-state index contributed by atoms with van der Waals surface area (Å²) in [4.78, 5) is 30.4. The van der Waals surface area contributed by atoms with Crippen LogP contribution in [0.4, 0.5) is 4.39 Å². The third-order valence-corrected chi connectivity index (χ3v) is 6.43. The smallest absolute Gasteiger partial charge is 0.289 e. The number of aryl methyl sites for hydroxylation is 1. The number of halogens is 1. The molecule has 34 heavy (non-hydrogen) atoms. The van der Waals surface area contributed by atoms with E-state index in [0.717, 1.165) is 27.7 Å². The van der Waals surface area contributed by atoms with Crippen LogP contribution in [0.2, 0.25) is 0 Å². The predicted octanol–water partition coefficient (Wildman–Crippen LogP) is 4.92. The number of aromatic nitrogens is 1. The lowest BCUT2D eigenvalue weighted by Crippen LogP contribution is -2.46. The molecule has 2 N–H and O–H groups in total. The summed E-state index contributed by atoms with van der Waals surface area (Å²) in [5.74, 6) is -0.0514. The van der Waals surface area contributed by atoms with Crippen molar-refractivity contribution in [2.45, 2.75) is 31.7 Å². The molecule has 0 spiro atoms. The molecule has 5 rings (SSSR count). The molecular formula is C27H26FN3O3. The number of nitrogens with zero attached hydrogens (tertiary/aromatic N) is 1. The van der Waals surface area contributed by atoms with E-state index in [9.17, 15) is 14.0 Å². The zero-order valence-electron chi connectivity index (χ0n) is 18.7. The number of aromatic amines is 1. The SMILES string of the molecule is O=C(CCc1c(-c2ccc(F)cc2)[nH]c2ccccc12)NC1CCN(C(=O)c2ccco2)CC1. The van der Waals surface area contributed by atoms with Gasteiger partial charge in [0.25, 0.3) is 5.91 Å². The number of likely N-dealkylation sites (tertiary alicyclic amines) is 1. The molecule has 1 fully saturated rings. The number of fused-ring (bicyclic) bond motifs is 1. The number of para-hydroxylation sites is 1. The van der Waals surface area contributed by atoms with Crippen LogP contribution < -0.4 is 5.32 Å². The first-order chi connectivity index (χ1) is 16.6. The summed E-state index contributed by atoms with van der Waals surface area (Å²) in [7, 11) is 0. The third-order valence-electron chi connectivity index (χ3n) is 6.43. The number of carbonyl (C=O) groups is 2. The van der Waals surface area contributed by atoms with Crippen LogP contribution >= 0.6 is 0 Å². The van der Waals surface area contributed by atoms with Gasteiger partial charge in [0.2, 0.25) is 5.91 Å². The molecule has 1 saturated heterocycles. The molecule has 0 saturated carbocycles. The van der Waals surface area contributed by atoms with Crippen molar-refractivity contribution in [3.8, 4) is 11.3 Å². The Morgan fingerprint density at radius 1 is 1.03 bits per heavy atom. The first kappa shape index (κ1) is 21.9. The van der Waals surface area contributed by atoms with E-state index in [1.54, 1.807) is 29.2 Å². The van der Waals surface area contributed by atoms with Crippen molar-refractivity contribution in [2.75, 3.05) is 13.1 Å². The van der Waals surface area contributed by atoms with Crippen molar-refractivity contribution in [2.24, 2.45) is 0 Å². The maximum absolute atomic E-state index is 13.4. The predicted molar refractivity (Wildman–Crippen MR) is 128 cm³/mol. The molecule has 0 unspecified atom stereocenters. The number of amides is 2. The Hall–Kier alpha value is -3.87. The zero-order chi connectivity index (χ0) is 23.5. The molecule has 2 aromatic heterocycles. The van der Waals surface area contributed by atoms with Gasteiger partial charge in [-0.3, -0.25) is 9.59 Å². The minimum absolute atomic E-state index is 0.00820. The maximum Gasteiger partial charge on any atom is 0.289 e. The summed E-state index contributed by atoms with van der Waals surface area (Å²) >= 11 is 0. The van der Waals surface area contributed by atoms with Crippen LogP contribution in [0.3, 0.4) is 0 Å². The minimum Gasteiger partial charge on any atom is -0.459 e. The van der Waals surface area contributed by atoms with Crippen molar-refractivity contribution in [1.82, 2.24) is 15.2 Å². The molecule has 0 atom stereocenters. The van der Waals surface area contributed by atoms with Gasteiger partial charge < -0.3 is 19.6 Å². The standard InChI is InChI=1S/C27H26FN3O3/c28-19-9-7-18(8-10-19)26-22(21-4-1-2-5-23(21)30-26)11-12-25(32)29-20-13-15-31(16-14-20)27(33)24-6-3-17-34-24/h1-10,17,20,30H,11-16H2,(H,29,32). The van der Waals surface area contributed by atoms with Crippen molar-refractivity contribution in [3.05, 3.63) is 84.1 Å². The molecule has 0 bridgehead atoms. The summed E-state index contributed by atoms with van der Waals surface area (Å²) in [5.41, 5.74) is 3.85. The van der Waals surface area contributed by atoms with Gasteiger partial charge in [-0.1, -0.05) is 18.2 Å². The zero-order valence-corrected chi connectivity index (χ0v) is 18.7. The number of furan rings is 1. The Labute approximate surface area is 196 Å². The second-order valence-electron chi connectivity index (χ2n) is 8.64. The summed E-state index contributed by atoms with van der Waals surface area (Å²) < 4.78 is 18.6. The van der Waals surface area contributed by atoms with Crippen LogP contribution in [-0.4, -0.2) is 40.8 Å². The largest absolute Gasteiger partial charge is 0.459 e. The second kappa shape index (κ2) is 9.55. The average Bonchev–Trinajstić information content (AvgIpc) is 3.52. The van der Waals surface area contributed by atoms with Crippen LogP contribution in [-0.2, 0) is 11.2 Å². The molecule has 0 radical (unpaired) electrons. The molecule has 0 aliphatic carbocycles. The molecule has 1 aliphatic heterocycles. The van der Waals surface area contributed by atoms with Gasteiger partial charge in [0, 0.05) is 42.1 Å². The van der Waals surface area contributed by atoms with Crippen molar-refractivity contribution in [3.63, 3.8) is 0 Å². The fourth-order valence-corrected chi connectivity index (χ4v) is 4.64. The lowest BCUT2D eigenvalue weighted by atomic mass is 10.00. The van der Waals surface area contributed by atoms with Crippen molar-refractivity contribution >= 4 is 22.7 Å². The summed E-state index contributed by atoms with van der Waals surface area (Å²) in [6, 6.07) is 17.8. The molecule has 1 aliphatic rings. The van der Waals surface area contributed by atoms with Crippen LogP contribution in [0.5, 0.6) is 0 Å². The van der Waals surface area contributed by atoms with E-state index in [1.807, 2.05) is 24.3 Å². The first-order valence-electron chi connectivity index (χ1n) is 11.6. The monoisotopic (exact) mass is 459 g/mol. The van der Waals surface area contributed by atoms with Gasteiger partial charge >= 0.3 is 0 Å². The van der Waals surface area contributed by atoms with Crippen LogP contribution in [0, 0.1) is 5.82 Å². The number of hydrogen-bond donors (Lipinski definition) is 2. The first-order valence-corrected chi connectivity index (χ1v) is 11.6. The quantitative estimate of drug-likeness (QED) is 0.430. The summed E-state index contributed by atoms with van der Waals surface area (Å²) in [6.07, 6.45) is 3.84. The maximum atomic E-state index is 13.4. The van der Waals surface area contributed by atoms with E-state index < -0.39 is 0 Å². The Bertz CT molecular complexity index is 1290. The highest BCUT2D eigenvalue weighted by Crippen LogP contribution is 2.31. The molecule has 2 aromatic carbocycles. The van der Waals surface area contributed by atoms with E-state index in [-0.39, 0.29) is 23.7 Å². The van der Waals surface area contributed by atoms with E-state index in [4.69, 9.17) is 4.42 Å². The molecule has 6 nitrogen and oxygen atoms in total. The molecule has 4 aromatic rings. The van der Waals surface area contributed by atoms with Gasteiger partial charge in [-0.15, -0.1) is 0 Å². The van der Waals surface area contributed by atoms with Gasteiger partial charge in [-0.05, 0) is 72.9 Å². The number of nitrogens with one attached hydrogen (secondary N) is 2. The Morgan fingerprint density at radius 2 is 1.79 bits per heavy atom. The summed E-state index contributed by atoms with van der Waals surface area (Å²) in [6.45, 7) is 1.17. The highest BCUT2D eigenvalue weighted by Gasteiger charge is 2.26. The fraction of sp³-hybridized carbons (Fsp3) is 0.259. The fourth-order valence-electron chi connectivity index (χ4n) is 4.64. The lowest BCUT2D eigenvalue weighted by molar-refractivity contribution is -0.122. The van der Waals surface area contributed by atoms with E-state index in [0.29, 0.717) is 44.5 Å². The molecule has 2 amide bonds. The van der Waals surface area contributed by atoms with Gasteiger partial charge in [0.05, 0.1) is 6.26 Å². The highest BCUT2D eigenvalue weighted by molar-refractivity contribution is 5.92. The third kappa shape index (κ3) is 4.59. The number of hydrogen-bond acceptors (Lipinski definition) is 3. The van der Waals surface area contributed by atoms with Gasteiger partial charge in [-0.2, -0.15) is 0 Å². The Kier molecular flexibility index (Phi) is 6.16. The normalized spacial score (nSPS) is 14.4. The van der Waals surface area contributed by atoms with Gasteiger partial charge in [0.1, 0.15) is 5.82 Å². The summed E-state index contributed by atoms with van der Waals surface area (Å²) in [5, 5.41) is 4.20. The number of piperidine rings is 1. The van der Waals surface area contributed by atoms with Gasteiger partial charge in [-0.25, -0.2) is 4.39 Å². The topological polar surface area (TPSA) is 78.3 Å². The van der Waals surface area contributed by atoms with Gasteiger partial charge in [0.15, 0.2) is 5.76 Å². The molecule has 3 heterocycles. The lowest BCUT2D eigenvalue weighted by Gasteiger charge is -2.31. The van der Waals surface area contributed by atoms with E-state index >= 15 is 0 Å². The van der Waals surface area contributed by atoms with Crippen molar-refractivity contribution in [1.29, 1.82) is 0 Å². The van der Waals surface area contributed by atoms with E-state index in [2.05, 4.69) is 10.3 Å². The molecule has 7 heteroatoms. The van der Waals surface area contributed by atoms with Crippen molar-refractivity contribution < 1.29 is 18.4 Å². The second-order valence-corrected chi connectivity index (χ2v) is 8.64. The van der Waals surface area contributed by atoms with Crippen LogP contribution in [0.1, 0.15) is 35.4 Å². The number of rotatable bonds is 6. The molecule has 174 valence electrons. The van der Waals surface area contributed by atoms with Crippen LogP contribution in [0.15, 0.2) is 71.3 Å². The average molecular weight is 460 g/mol. The Balaban J connectivity index is 1.21. The highest BCUT2D eigenvalue weighted by atomic mass is 19.1. The van der Waals surface area contributed by atoms with Crippen LogP contribution in [0.25, 0.3) is 22.2 Å². The Morgan fingerprint density at radius 3 is 2.53 bits per heavy atom. The number of H-pyrrole nitrogens is 1. The van der Waals surface area contributed by atoms with E-state index in [1.165, 1.54) is 18.4 Å². The minimum atomic E-state index is -0.280.